The minimum Gasteiger partial charge on any atom is -0.365 e. The van der Waals surface area contributed by atoms with Gasteiger partial charge in [-0.05, 0) is 18.9 Å². The predicted octanol–water partition coefficient (Wildman–Crippen LogP) is 3.60. The van der Waals surface area contributed by atoms with Crippen molar-refractivity contribution in [2.45, 2.75) is 39.8 Å². The van der Waals surface area contributed by atoms with E-state index in [1.807, 2.05) is 6.07 Å². The first-order chi connectivity index (χ1) is 8.79. The summed E-state index contributed by atoms with van der Waals surface area (Å²) in [6, 6.07) is 12.5. The summed E-state index contributed by atoms with van der Waals surface area (Å²) in [5, 5.41) is 7.93. The van der Waals surface area contributed by atoms with Crippen LogP contribution in [0.4, 0.5) is 5.82 Å². The molecular formula is C15H21N3. The van der Waals surface area contributed by atoms with Crippen LogP contribution in [0.1, 0.15) is 31.0 Å². The lowest BCUT2D eigenvalue weighted by molar-refractivity contribution is 0.560. The standard InChI is InChI=1S/C15H21N3/c1-3-4-10-18-13(2)11-15(17-18)16-12-14-8-6-5-7-9-14/h5-9,11H,3-4,10,12H2,1-2H3,(H,16,17). The fourth-order valence-corrected chi connectivity index (χ4v) is 1.92. The summed E-state index contributed by atoms with van der Waals surface area (Å²) in [4.78, 5) is 0. The van der Waals surface area contributed by atoms with E-state index in [9.17, 15) is 0 Å². The minimum atomic E-state index is 0.824. The van der Waals surface area contributed by atoms with Crippen LogP contribution in [-0.4, -0.2) is 9.78 Å². The van der Waals surface area contributed by atoms with Crippen molar-refractivity contribution in [3.63, 3.8) is 0 Å². The summed E-state index contributed by atoms with van der Waals surface area (Å²) in [7, 11) is 0. The van der Waals surface area contributed by atoms with Gasteiger partial charge in [0.15, 0.2) is 0 Å². The SMILES string of the molecule is CCCCn1nc(NCc2ccccc2)cc1C. The third-order valence-corrected chi connectivity index (χ3v) is 3.02. The van der Waals surface area contributed by atoms with E-state index < -0.39 is 0 Å². The quantitative estimate of drug-likeness (QED) is 0.840. The molecule has 0 fully saturated rings. The van der Waals surface area contributed by atoms with E-state index in [1.165, 1.54) is 24.1 Å². The molecule has 96 valence electrons. The Bertz CT molecular complexity index is 474. The van der Waals surface area contributed by atoms with Gasteiger partial charge in [-0.1, -0.05) is 43.7 Å². The number of unbranched alkanes of at least 4 members (excludes halogenated alkanes) is 1. The summed E-state index contributed by atoms with van der Waals surface area (Å²) < 4.78 is 2.08. The van der Waals surface area contributed by atoms with Crippen LogP contribution in [0.2, 0.25) is 0 Å². The normalized spacial score (nSPS) is 10.6. The Morgan fingerprint density at radius 1 is 1.22 bits per heavy atom. The molecule has 0 atom stereocenters. The maximum atomic E-state index is 4.57. The molecular weight excluding hydrogens is 222 g/mol. The largest absolute Gasteiger partial charge is 0.365 e. The molecule has 1 aromatic heterocycles. The second-order valence-corrected chi connectivity index (χ2v) is 4.59. The Morgan fingerprint density at radius 2 is 2.00 bits per heavy atom. The van der Waals surface area contributed by atoms with Crippen LogP contribution in [0.25, 0.3) is 0 Å². The molecule has 18 heavy (non-hydrogen) atoms. The first-order valence-corrected chi connectivity index (χ1v) is 6.62. The number of hydrogen-bond acceptors (Lipinski definition) is 2. The van der Waals surface area contributed by atoms with Gasteiger partial charge in [0.2, 0.25) is 0 Å². The van der Waals surface area contributed by atoms with E-state index in [0.717, 1.165) is 18.9 Å². The number of benzene rings is 1. The van der Waals surface area contributed by atoms with E-state index in [0.29, 0.717) is 0 Å². The Balaban J connectivity index is 1.94. The van der Waals surface area contributed by atoms with Crippen LogP contribution in [-0.2, 0) is 13.1 Å². The molecule has 1 aromatic carbocycles. The number of nitrogens with zero attached hydrogens (tertiary/aromatic N) is 2. The molecule has 1 N–H and O–H groups in total. The van der Waals surface area contributed by atoms with Crippen molar-refractivity contribution in [3.05, 3.63) is 47.7 Å². The van der Waals surface area contributed by atoms with E-state index in [-0.39, 0.29) is 0 Å². The lowest BCUT2D eigenvalue weighted by atomic mass is 10.2. The molecule has 0 spiro atoms. The number of aromatic nitrogens is 2. The van der Waals surface area contributed by atoms with Gasteiger partial charge in [0.25, 0.3) is 0 Å². The lowest BCUT2D eigenvalue weighted by Gasteiger charge is -2.03. The molecule has 3 nitrogen and oxygen atoms in total. The van der Waals surface area contributed by atoms with Gasteiger partial charge in [-0.15, -0.1) is 0 Å². The van der Waals surface area contributed by atoms with Gasteiger partial charge >= 0.3 is 0 Å². The molecule has 0 unspecified atom stereocenters. The third kappa shape index (κ3) is 3.36. The molecule has 1 heterocycles. The zero-order valence-electron chi connectivity index (χ0n) is 11.2. The van der Waals surface area contributed by atoms with E-state index in [4.69, 9.17) is 0 Å². The van der Waals surface area contributed by atoms with Crippen molar-refractivity contribution in [2.75, 3.05) is 5.32 Å². The first-order valence-electron chi connectivity index (χ1n) is 6.62. The topological polar surface area (TPSA) is 29.9 Å². The number of aryl methyl sites for hydroxylation is 2. The van der Waals surface area contributed by atoms with E-state index in [1.54, 1.807) is 0 Å². The van der Waals surface area contributed by atoms with E-state index in [2.05, 4.69) is 59.3 Å². The summed E-state index contributed by atoms with van der Waals surface area (Å²) in [6.45, 7) is 6.14. The van der Waals surface area contributed by atoms with Crippen LogP contribution in [0.5, 0.6) is 0 Å². The molecule has 0 aliphatic heterocycles. The number of anilines is 1. The summed E-state index contributed by atoms with van der Waals surface area (Å²) in [6.07, 6.45) is 2.38. The summed E-state index contributed by atoms with van der Waals surface area (Å²) in [5.74, 6) is 0.965. The van der Waals surface area contributed by atoms with Crippen molar-refractivity contribution >= 4 is 5.82 Å². The highest BCUT2D eigenvalue weighted by Gasteiger charge is 2.03. The first kappa shape index (κ1) is 12.7. The van der Waals surface area contributed by atoms with Gasteiger partial charge in [-0.3, -0.25) is 4.68 Å². The average Bonchev–Trinajstić information content (AvgIpc) is 2.76. The molecule has 2 aromatic rings. The molecule has 0 aliphatic rings. The molecule has 0 amide bonds. The van der Waals surface area contributed by atoms with Gasteiger partial charge in [-0.2, -0.15) is 5.10 Å². The minimum absolute atomic E-state index is 0.824. The van der Waals surface area contributed by atoms with Gasteiger partial charge in [-0.25, -0.2) is 0 Å². The molecule has 3 heteroatoms. The van der Waals surface area contributed by atoms with Crippen molar-refractivity contribution in [1.82, 2.24) is 9.78 Å². The molecule has 0 saturated heterocycles. The molecule has 0 bridgehead atoms. The van der Waals surface area contributed by atoms with Crippen molar-refractivity contribution in [1.29, 1.82) is 0 Å². The Kier molecular flexibility index (Phi) is 4.40. The van der Waals surface area contributed by atoms with Crippen molar-refractivity contribution in [3.8, 4) is 0 Å². The maximum Gasteiger partial charge on any atom is 0.148 e. The van der Waals surface area contributed by atoms with Crippen molar-refractivity contribution in [2.24, 2.45) is 0 Å². The molecule has 2 rings (SSSR count). The van der Waals surface area contributed by atoms with Crippen LogP contribution < -0.4 is 5.32 Å². The predicted molar refractivity (Wildman–Crippen MR) is 75.6 cm³/mol. The Labute approximate surface area is 109 Å². The maximum absolute atomic E-state index is 4.57. The van der Waals surface area contributed by atoms with Crippen LogP contribution >= 0.6 is 0 Å². The third-order valence-electron chi connectivity index (χ3n) is 3.02. The van der Waals surface area contributed by atoms with Gasteiger partial charge in [0.05, 0.1) is 0 Å². The number of hydrogen-bond donors (Lipinski definition) is 1. The Hall–Kier alpha value is -1.77. The van der Waals surface area contributed by atoms with Crippen molar-refractivity contribution < 1.29 is 0 Å². The highest BCUT2D eigenvalue weighted by molar-refractivity contribution is 5.36. The number of nitrogens with one attached hydrogen (secondary N) is 1. The average molecular weight is 243 g/mol. The summed E-state index contributed by atoms with van der Waals surface area (Å²) >= 11 is 0. The lowest BCUT2D eigenvalue weighted by Crippen LogP contribution is -2.04. The van der Waals surface area contributed by atoms with Crippen LogP contribution in [0, 0.1) is 6.92 Å². The van der Waals surface area contributed by atoms with Gasteiger partial charge in [0, 0.05) is 24.8 Å². The van der Waals surface area contributed by atoms with Gasteiger partial charge in [0.1, 0.15) is 5.82 Å². The highest BCUT2D eigenvalue weighted by Crippen LogP contribution is 2.11. The van der Waals surface area contributed by atoms with E-state index >= 15 is 0 Å². The Morgan fingerprint density at radius 3 is 2.72 bits per heavy atom. The fraction of sp³-hybridized carbons (Fsp3) is 0.400. The smallest absolute Gasteiger partial charge is 0.148 e. The van der Waals surface area contributed by atoms with Gasteiger partial charge < -0.3 is 5.32 Å². The van der Waals surface area contributed by atoms with Crippen LogP contribution in [0.3, 0.4) is 0 Å². The number of rotatable bonds is 6. The monoisotopic (exact) mass is 243 g/mol. The second-order valence-electron chi connectivity index (χ2n) is 4.59. The molecule has 0 radical (unpaired) electrons. The zero-order chi connectivity index (χ0) is 12.8. The molecule has 0 saturated carbocycles. The fourth-order valence-electron chi connectivity index (χ4n) is 1.92. The van der Waals surface area contributed by atoms with Crippen LogP contribution in [0.15, 0.2) is 36.4 Å². The zero-order valence-corrected chi connectivity index (χ0v) is 11.2. The summed E-state index contributed by atoms with van der Waals surface area (Å²) in [5.41, 5.74) is 2.50. The second kappa shape index (κ2) is 6.24. The molecule has 0 aliphatic carbocycles. The highest BCUT2D eigenvalue weighted by atomic mass is 15.3.